The molecule has 0 radical (unpaired) electrons. The van der Waals surface area contributed by atoms with Crippen LogP contribution in [0.4, 0.5) is 0 Å². The van der Waals surface area contributed by atoms with Crippen molar-refractivity contribution in [2.45, 2.75) is 79.1 Å². The summed E-state index contributed by atoms with van der Waals surface area (Å²) in [6.45, 7) is 12.8. The van der Waals surface area contributed by atoms with Crippen LogP contribution in [0.5, 0.6) is 5.75 Å². The van der Waals surface area contributed by atoms with Gasteiger partial charge in [-0.1, -0.05) is 51.7 Å². The largest absolute Gasteiger partial charge is 0.565 e. The van der Waals surface area contributed by atoms with Gasteiger partial charge in [-0.05, 0) is 86.7 Å². The van der Waals surface area contributed by atoms with E-state index in [-0.39, 0.29) is 7.21 Å². The molecule has 246 valence electrons. The summed E-state index contributed by atoms with van der Waals surface area (Å²) in [6, 6.07) is 13.7. The molecule has 11 nitrogen and oxygen atoms in total. The number of fused-ring (bicyclic) bond motifs is 1. The van der Waals surface area contributed by atoms with Crippen LogP contribution in [0, 0.1) is 11.7 Å². The summed E-state index contributed by atoms with van der Waals surface area (Å²) in [6.07, 6.45) is 8.83. The van der Waals surface area contributed by atoms with E-state index < -0.39 is 18.8 Å². The van der Waals surface area contributed by atoms with E-state index in [0.29, 0.717) is 17.7 Å². The molecule has 0 aliphatic rings. The smallest absolute Gasteiger partial charge is 0.521 e. The molecule has 0 saturated carbocycles. The van der Waals surface area contributed by atoms with Gasteiger partial charge in [-0.2, -0.15) is 13.2 Å². The van der Waals surface area contributed by atoms with Crippen molar-refractivity contribution in [2.75, 3.05) is 26.2 Å². The van der Waals surface area contributed by atoms with Gasteiger partial charge in [0.1, 0.15) is 17.1 Å². The van der Waals surface area contributed by atoms with Crippen molar-refractivity contribution in [3.05, 3.63) is 64.9 Å². The van der Waals surface area contributed by atoms with Crippen molar-refractivity contribution < 1.29 is 43.2 Å². The quantitative estimate of drug-likeness (QED) is 0.0493. The maximum absolute atomic E-state index is 13.5. The monoisotopic (exact) mass is 654 g/mol. The Morgan fingerprint density at radius 1 is 1.00 bits per heavy atom. The van der Waals surface area contributed by atoms with Crippen molar-refractivity contribution in [3.63, 3.8) is 0 Å². The van der Waals surface area contributed by atoms with Crippen LogP contribution in [0.1, 0.15) is 94.4 Å². The number of hydrogen-bond donors (Lipinski definition) is 2. The van der Waals surface area contributed by atoms with E-state index in [9.17, 15) is 4.79 Å². The van der Waals surface area contributed by atoms with E-state index in [0.717, 1.165) is 60.3 Å². The first kappa shape index (κ1) is 39.0. The molecule has 0 aliphatic heterocycles. The first-order valence-electron chi connectivity index (χ1n) is 14.9. The molecule has 44 heavy (non-hydrogen) atoms. The topological polar surface area (TPSA) is 170 Å². The van der Waals surface area contributed by atoms with Crippen molar-refractivity contribution >= 4 is 35.5 Å². The second-order valence-electron chi connectivity index (χ2n) is 10.1. The summed E-state index contributed by atoms with van der Waals surface area (Å²) in [5, 5.41) is 7.96. The van der Waals surface area contributed by atoms with Crippen molar-refractivity contribution in [1.29, 1.82) is 4.78 Å². The zero-order valence-electron chi connectivity index (χ0n) is 26.0. The highest BCUT2D eigenvalue weighted by Crippen LogP contribution is 2.30. The molecule has 0 saturated heterocycles. The molecule has 0 aliphatic carbocycles. The van der Waals surface area contributed by atoms with Gasteiger partial charge in [-0.25, -0.2) is 5.26 Å². The van der Waals surface area contributed by atoms with Gasteiger partial charge in [-0.15, -0.1) is 0 Å². The van der Waals surface area contributed by atoms with Crippen LogP contribution in [-0.4, -0.2) is 50.6 Å². The average molecular weight is 655 g/mol. The first-order chi connectivity index (χ1) is 21.1. The van der Waals surface area contributed by atoms with Gasteiger partial charge >= 0.3 is 18.8 Å². The predicted molar refractivity (Wildman–Crippen MR) is 171 cm³/mol. The lowest BCUT2D eigenvalue weighted by Crippen LogP contribution is -2.28. The predicted octanol–water partition coefficient (Wildman–Crippen LogP) is 7.35. The van der Waals surface area contributed by atoms with E-state index in [1.807, 2.05) is 43.3 Å². The Bertz CT molecular complexity index is 1390. The normalized spacial score (nSPS) is 10.9. The lowest BCUT2D eigenvalue weighted by Gasteiger charge is -2.21. The molecule has 0 amide bonds. The van der Waals surface area contributed by atoms with Crippen LogP contribution in [0.25, 0.3) is 11.0 Å². The van der Waals surface area contributed by atoms with E-state index in [2.05, 4.69) is 36.4 Å². The zero-order valence-corrected chi connectivity index (χ0v) is 27.8. The molecule has 3 aromatic rings. The molecule has 13 heteroatoms. The molecule has 0 spiro atoms. The van der Waals surface area contributed by atoms with Crippen LogP contribution in [0.3, 0.4) is 0 Å². The van der Waals surface area contributed by atoms with Crippen molar-refractivity contribution in [3.8, 4) is 5.75 Å². The minimum Gasteiger partial charge on any atom is -0.565 e. The fourth-order valence-corrected chi connectivity index (χ4v) is 4.45. The molecule has 1 aromatic heterocycles. The Labute approximate surface area is 264 Å². The van der Waals surface area contributed by atoms with E-state index in [1.165, 1.54) is 38.8 Å². The highest BCUT2D eigenvalue weighted by molar-refractivity contribution is 7.60. The summed E-state index contributed by atoms with van der Waals surface area (Å²) in [5.41, 5.74) is 3.30. The lowest BCUT2D eigenvalue weighted by molar-refractivity contribution is -0.244. The van der Waals surface area contributed by atoms with E-state index >= 15 is 0 Å². The third kappa shape index (κ3) is 15.1. The number of nitrogens with one attached hydrogen (secondary N) is 1. The summed E-state index contributed by atoms with van der Waals surface area (Å²) in [7, 11) is -5.65. The van der Waals surface area contributed by atoms with Crippen LogP contribution in [-0.2, 0) is 26.2 Å². The van der Waals surface area contributed by atoms with E-state index in [1.54, 1.807) is 0 Å². The number of hydrogen-bond acceptors (Lipinski definition) is 11. The number of aryl methyl sites for hydroxylation is 2. The number of furan rings is 1. The number of benzene rings is 2. The second kappa shape index (κ2) is 22.5. The zero-order chi connectivity index (χ0) is 32.9. The maximum atomic E-state index is 13.5. The fraction of sp³-hybridized carbons (Fsp3) is 0.516. The molecular formula is C31H47N2O9PS. The van der Waals surface area contributed by atoms with Gasteiger partial charge in [0.15, 0.2) is 5.78 Å². The SMILES string of the molecule is CCCCc1oc2ccc(C)cc2c1C(=O)c1ccc(OCCCN(CCCC)CCCC)cc1.N=S(=O)=O.O=[P+]([O-])OO.[HH]. The summed E-state index contributed by atoms with van der Waals surface area (Å²) < 4.78 is 46.6. The minimum atomic E-state index is -3.04. The molecule has 1 unspecified atom stereocenters. The van der Waals surface area contributed by atoms with Gasteiger partial charge in [0.05, 0.1) is 12.2 Å². The fourth-order valence-electron chi connectivity index (χ4n) is 4.45. The summed E-state index contributed by atoms with van der Waals surface area (Å²) >= 11 is 0. The lowest BCUT2D eigenvalue weighted by atomic mass is 9.97. The Morgan fingerprint density at radius 3 is 2.07 bits per heavy atom. The number of unbranched alkanes of at least 4 members (excludes halogenated alkanes) is 3. The standard InChI is InChI=1S/C31H43NO3.HNO2S.HO4P.H2/c1-5-8-12-29-30(27-23-24(4)13-18-28(27)35-29)31(33)25-14-16-26(17-15-25)34-22-11-21-32(19-9-6-2)20-10-7-3;1-4(2)3;1-4-5(2)3;/h13-18,23H,5-12,19-22H2,1-4H3;1H;1H;1H. The third-order valence-corrected chi connectivity index (χ3v) is 6.76. The third-order valence-electron chi connectivity index (χ3n) is 6.63. The van der Waals surface area contributed by atoms with Gasteiger partial charge in [0, 0.05) is 30.0 Å². The number of nitrogens with zero attached hydrogens (tertiary/aromatic N) is 1. The Balaban J connectivity index is 0.00000170. The minimum absolute atomic E-state index is 0. The van der Waals surface area contributed by atoms with Crippen LogP contribution in [0.15, 0.2) is 46.9 Å². The van der Waals surface area contributed by atoms with Crippen LogP contribution >= 0.6 is 8.25 Å². The second-order valence-corrected chi connectivity index (χ2v) is 11.2. The van der Waals surface area contributed by atoms with Gasteiger partial charge in [-0.3, -0.25) is 4.79 Å². The number of ketones is 1. The van der Waals surface area contributed by atoms with Crippen LogP contribution < -0.4 is 9.63 Å². The molecule has 3 rings (SSSR count). The highest BCUT2D eigenvalue weighted by Gasteiger charge is 2.22. The average Bonchev–Trinajstić information content (AvgIpc) is 3.36. The molecular weight excluding hydrogens is 607 g/mol. The van der Waals surface area contributed by atoms with Crippen molar-refractivity contribution in [2.24, 2.45) is 0 Å². The van der Waals surface area contributed by atoms with Gasteiger partial charge in [0.25, 0.3) is 0 Å². The molecule has 1 heterocycles. The maximum Gasteiger partial charge on any atom is 0.521 e. The molecule has 0 fully saturated rings. The molecule has 2 N–H and O–H groups in total. The van der Waals surface area contributed by atoms with Crippen molar-refractivity contribution in [1.82, 2.24) is 4.90 Å². The van der Waals surface area contributed by atoms with E-state index in [4.69, 9.17) is 37.1 Å². The van der Waals surface area contributed by atoms with Gasteiger partial charge < -0.3 is 18.9 Å². The molecule has 0 bridgehead atoms. The van der Waals surface area contributed by atoms with Gasteiger partial charge in [0.2, 0.25) is 0 Å². The number of carbonyl (C=O) groups is 1. The Morgan fingerprint density at radius 2 is 1.55 bits per heavy atom. The summed E-state index contributed by atoms with van der Waals surface area (Å²) in [4.78, 5) is 25.0. The number of ether oxygens (including phenoxy) is 1. The Kier molecular flexibility index (Phi) is 20.0. The summed E-state index contributed by atoms with van der Waals surface area (Å²) in [5.74, 6) is 1.64. The molecule has 1 atom stereocenters. The number of rotatable bonds is 17. The number of carbonyl (C=O) groups excluding carboxylic acids is 1. The molecule has 2 aromatic carbocycles. The first-order valence-corrected chi connectivity index (χ1v) is 17.0. The van der Waals surface area contributed by atoms with Crippen LogP contribution in [0.2, 0.25) is 0 Å². The highest BCUT2D eigenvalue weighted by atomic mass is 32.2. The Hall–Kier alpha value is -2.99.